The van der Waals surface area contributed by atoms with Crippen molar-refractivity contribution in [3.05, 3.63) is 28.8 Å². The van der Waals surface area contributed by atoms with Crippen LogP contribution in [0, 0.1) is 0 Å². The number of halogens is 1. The van der Waals surface area contributed by atoms with Gasteiger partial charge in [0.2, 0.25) is 0 Å². The first kappa shape index (κ1) is 15.1. The molecule has 2 aliphatic rings. The van der Waals surface area contributed by atoms with E-state index in [4.69, 9.17) is 11.6 Å². The molecule has 21 heavy (non-hydrogen) atoms. The molecule has 1 aliphatic heterocycles. The summed E-state index contributed by atoms with van der Waals surface area (Å²) >= 11 is 6.22. The molecular weight excluding hydrogens is 284 g/mol. The molecule has 4 heteroatoms. The summed E-state index contributed by atoms with van der Waals surface area (Å²) in [6, 6.07) is 6.14. The Morgan fingerprint density at radius 3 is 2.62 bits per heavy atom. The van der Waals surface area contributed by atoms with Crippen molar-refractivity contribution >= 4 is 11.6 Å². The number of benzene rings is 1. The third-order valence-corrected chi connectivity index (χ3v) is 5.25. The number of phenolic OH excluding ortho intramolecular Hbond substituents is 1. The molecule has 116 valence electrons. The average molecular weight is 309 g/mol. The minimum atomic E-state index is 0.243. The number of rotatable bonds is 3. The highest BCUT2D eigenvalue weighted by Gasteiger charge is 2.24. The van der Waals surface area contributed by atoms with Gasteiger partial charge in [-0.2, -0.15) is 0 Å². The van der Waals surface area contributed by atoms with E-state index in [1.165, 1.54) is 45.2 Å². The van der Waals surface area contributed by atoms with Crippen LogP contribution in [0.15, 0.2) is 18.2 Å². The lowest BCUT2D eigenvalue weighted by Crippen LogP contribution is -2.36. The van der Waals surface area contributed by atoms with Gasteiger partial charge in [0.05, 0.1) is 0 Å². The van der Waals surface area contributed by atoms with Crippen molar-refractivity contribution in [2.45, 2.75) is 44.7 Å². The van der Waals surface area contributed by atoms with Crippen molar-refractivity contribution in [3.8, 4) is 5.75 Å². The molecule has 0 bridgehead atoms. The maximum atomic E-state index is 9.44. The Morgan fingerprint density at radius 2 is 1.86 bits per heavy atom. The average Bonchev–Trinajstić information content (AvgIpc) is 2.89. The summed E-state index contributed by atoms with van der Waals surface area (Å²) in [7, 11) is 0. The summed E-state index contributed by atoms with van der Waals surface area (Å²) < 4.78 is 0. The fraction of sp³-hybridized carbons (Fsp3) is 0.647. The van der Waals surface area contributed by atoms with Crippen molar-refractivity contribution in [1.82, 2.24) is 9.80 Å². The van der Waals surface area contributed by atoms with Gasteiger partial charge in [0.15, 0.2) is 0 Å². The van der Waals surface area contributed by atoms with E-state index in [1.807, 2.05) is 6.07 Å². The van der Waals surface area contributed by atoms with E-state index in [0.717, 1.165) is 31.2 Å². The van der Waals surface area contributed by atoms with Crippen LogP contribution >= 0.6 is 11.6 Å². The molecule has 2 fully saturated rings. The van der Waals surface area contributed by atoms with E-state index in [2.05, 4.69) is 9.80 Å². The molecule has 1 aromatic carbocycles. The zero-order valence-electron chi connectivity index (χ0n) is 12.6. The van der Waals surface area contributed by atoms with Gasteiger partial charge < -0.3 is 5.11 Å². The normalized spacial score (nSPS) is 22.5. The number of phenols is 1. The van der Waals surface area contributed by atoms with Crippen molar-refractivity contribution in [2.24, 2.45) is 0 Å². The standard InChI is InChI=1S/C17H25ClN2O/c18-17-12-16(21)7-6-14(17)13-19-8-3-9-20(11-10-19)15-4-1-2-5-15/h6-7,12,15,21H,1-5,8-11,13H2. The Labute approximate surface area is 132 Å². The largest absolute Gasteiger partial charge is 0.508 e. The minimum Gasteiger partial charge on any atom is -0.508 e. The molecule has 1 aromatic rings. The fourth-order valence-electron chi connectivity index (χ4n) is 3.69. The van der Waals surface area contributed by atoms with Gasteiger partial charge in [-0.05, 0) is 50.0 Å². The molecule has 0 unspecified atom stereocenters. The van der Waals surface area contributed by atoms with Crippen LogP contribution in [0.1, 0.15) is 37.7 Å². The Balaban J connectivity index is 1.57. The van der Waals surface area contributed by atoms with Crippen molar-refractivity contribution < 1.29 is 5.11 Å². The van der Waals surface area contributed by atoms with Gasteiger partial charge in [-0.1, -0.05) is 30.5 Å². The molecule has 1 heterocycles. The predicted octanol–water partition coefficient (Wildman–Crippen LogP) is 3.50. The smallest absolute Gasteiger partial charge is 0.117 e. The van der Waals surface area contributed by atoms with Gasteiger partial charge in [0, 0.05) is 30.7 Å². The molecule has 3 rings (SSSR count). The van der Waals surface area contributed by atoms with Crippen molar-refractivity contribution in [2.75, 3.05) is 26.2 Å². The van der Waals surface area contributed by atoms with Crippen LogP contribution < -0.4 is 0 Å². The maximum Gasteiger partial charge on any atom is 0.117 e. The van der Waals surface area contributed by atoms with Crippen LogP contribution in [0.2, 0.25) is 5.02 Å². The Kier molecular flexibility index (Phi) is 5.04. The van der Waals surface area contributed by atoms with Crippen LogP contribution in [0.25, 0.3) is 0 Å². The third kappa shape index (κ3) is 3.91. The van der Waals surface area contributed by atoms with Gasteiger partial charge in [-0.3, -0.25) is 9.80 Å². The zero-order chi connectivity index (χ0) is 14.7. The van der Waals surface area contributed by atoms with E-state index in [-0.39, 0.29) is 5.75 Å². The van der Waals surface area contributed by atoms with Crippen LogP contribution in [0.3, 0.4) is 0 Å². The van der Waals surface area contributed by atoms with Crippen LogP contribution in [-0.2, 0) is 6.54 Å². The van der Waals surface area contributed by atoms with Gasteiger partial charge in [0.1, 0.15) is 5.75 Å². The molecule has 3 nitrogen and oxygen atoms in total. The highest BCUT2D eigenvalue weighted by Crippen LogP contribution is 2.26. The lowest BCUT2D eigenvalue weighted by molar-refractivity contribution is 0.198. The summed E-state index contributed by atoms with van der Waals surface area (Å²) in [5.74, 6) is 0.243. The number of hydrogen-bond acceptors (Lipinski definition) is 3. The van der Waals surface area contributed by atoms with Crippen LogP contribution in [0.4, 0.5) is 0 Å². The summed E-state index contributed by atoms with van der Waals surface area (Å²) in [5.41, 5.74) is 1.11. The van der Waals surface area contributed by atoms with Crippen LogP contribution in [-0.4, -0.2) is 47.1 Å². The SMILES string of the molecule is Oc1ccc(CN2CCCN(C3CCCC3)CC2)c(Cl)c1. The van der Waals surface area contributed by atoms with E-state index in [9.17, 15) is 5.11 Å². The second kappa shape index (κ2) is 6.99. The second-order valence-corrected chi connectivity index (χ2v) is 6.79. The van der Waals surface area contributed by atoms with E-state index in [0.29, 0.717) is 5.02 Å². The first-order valence-corrected chi connectivity index (χ1v) is 8.54. The van der Waals surface area contributed by atoms with E-state index < -0.39 is 0 Å². The second-order valence-electron chi connectivity index (χ2n) is 6.38. The molecule has 1 saturated heterocycles. The first-order chi connectivity index (χ1) is 10.2. The Morgan fingerprint density at radius 1 is 1.05 bits per heavy atom. The Hall–Kier alpha value is -0.770. The maximum absolute atomic E-state index is 9.44. The van der Waals surface area contributed by atoms with Gasteiger partial charge in [-0.15, -0.1) is 0 Å². The Bertz CT molecular complexity index is 474. The molecule has 1 aliphatic carbocycles. The molecule has 0 amide bonds. The number of aromatic hydroxyl groups is 1. The van der Waals surface area contributed by atoms with Gasteiger partial charge in [-0.25, -0.2) is 0 Å². The number of hydrogen-bond donors (Lipinski definition) is 1. The summed E-state index contributed by atoms with van der Waals surface area (Å²) in [6.45, 7) is 5.57. The van der Waals surface area contributed by atoms with E-state index in [1.54, 1.807) is 12.1 Å². The monoisotopic (exact) mass is 308 g/mol. The highest BCUT2D eigenvalue weighted by molar-refractivity contribution is 6.31. The molecule has 0 spiro atoms. The number of nitrogens with zero attached hydrogens (tertiary/aromatic N) is 2. The van der Waals surface area contributed by atoms with Crippen molar-refractivity contribution in [1.29, 1.82) is 0 Å². The molecule has 0 aromatic heterocycles. The lowest BCUT2D eigenvalue weighted by Gasteiger charge is -2.27. The topological polar surface area (TPSA) is 26.7 Å². The van der Waals surface area contributed by atoms with Gasteiger partial charge in [0.25, 0.3) is 0 Å². The third-order valence-electron chi connectivity index (χ3n) is 4.89. The van der Waals surface area contributed by atoms with Crippen LogP contribution in [0.5, 0.6) is 5.75 Å². The summed E-state index contributed by atoms with van der Waals surface area (Å²) in [5, 5.41) is 10.1. The predicted molar refractivity (Wildman–Crippen MR) is 86.8 cm³/mol. The highest BCUT2D eigenvalue weighted by atomic mass is 35.5. The zero-order valence-corrected chi connectivity index (χ0v) is 13.4. The summed E-state index contributed by atoms with van der Waals surface area (Å²) in [6.07, 6.45) is 6.85. The quantitative estimate of drug-likeness (QED) is 0.926. The first-order valence-electron chi connectivity index (χ1n) is 8.16. The molecule has 1 saturated carbocycles. The molecule has 0 atom stereocenters. The molecule has 1 N–H and O–H groups in total. The minimum absolute atomic E-state index is 0.243. The molecule has 0 radical (unpaired) electrons. The lowest BCUT2D eigenvalue weighted by atomic mass is 10.2. The summed E-state index contributed by atoms with van der Waals surface area (Å²) in [4.78, 5) is 5.19. The van der Waals surface area contributed by atoms with E-state index >= 15 is 0 Å². The van der Waals surface area contributed by atoms with Gasteiger partial charge >= 0.3 is 0 Å². The fourth-order valence-corrected chi connectivity index (χ4v) is 3.92. The van der Waals surface area contributed by atoms with Crippen molar-refractivity contribution in [3.63, 3.8) is 0 Å². The molecular formula is C17H25ClN2O.